The van der Waals surface area contributed by atoms with E-state index < -0.39 is 7.38 Å². The molecule has 0 nitrogen and oxygen atoms in total. The molecule has 0 amide bonds. The molecule has 0 aliphatic rings. The van der Waals surface area contributed by atoms with Crippen LogP contribution in [-0.4, -0.2) is 12.4 Å². The standard InChI is InChI=1S/C5H10Cl2Si/c1-4-5(6)8(2,3)7/h4-5H,1H2,2-3H3. The number of rotatable bonds is 2. The van der Waals surface area contributed by atoms with Crippen LogP contribution in [-0.2, 0) is 0 Å². The van der Waals surface area contributed by atoms with E-state index in [-0.39, 0.29) is 5.00 Å². The predicted molar refractivity (Wildman–Crippen MR) is 43.2 cm³/mol. The van der Waals surface area contributed by atoms with Crippen LogP contribution in [0.5, 0.6) is 0 Å². The first-order chi connectivity index (χ1) is 3.48. The first-order valence-corrected chi connectivity index (χ1v) is 6.96. The Morgan fingerprint density at radius 1 is 1.62 bits per heavy atom. The van der Waals surface area contributed by atoms with Gasteiger partial charge >= 0.3 is 0 Å². The largest absolute Gasteiger partial charge is 0.172 e. The maximum atomic E-state index is 5.92. The average molecular weight is 169 g/mol. The van der Waals surface area contributed by atoms with Crippen molar-refractivity contribution in [1.29, 1.82) is 0 Å². The van der Waals surface area contributed by atoms with Crippen LogP contribution < -0.4 is 0 Å². The van der Waals surface area contributed by atoms with Crippen LogP contribution >= 0.6 is 22.7 Å². The van der Waals surface area contributed by atoms with Gasteiger partial charge in [0.15, 0.2) is 7.38 Å². The minimum absolute atomic E-state index is 0.0100. The van der Waals surface area contributed by atoms with Crippen LogP contribution in [0.1, 0.15) is 0 Å². The Hall–Kier alpha value is 0.537. The molecule has 0 radical (unpaired) electrons. The summed E-state index contributed by atoms with van der Waals surface area (Å²) in [5.74, 6) is 0. The molecule has 48 valence electrons. The van der Waals surface area contributed by atoms with Crippen molar-refractivity contribution in [2.75, 3.05) is 0 Å². The zero-order chi connectivity index (χ0) is 6.78. The molecule has 0 heterocycles. The highest BCUT2D eigenvalue weighted by molar-refractivity contribution is 7.22. The summed E-state index contributed by atoms with van der Waals surface area (Å²) >= 11 is 11.7. The van der Waals surface area contributed by atoms with E-state index in [1.165, 1.54) is 0 Å². The van der Waals surface area contributed by atoms with Crippen molar-refractivity contribution in [3.63, 3.8) is 0 Å². The molecule has 0 rings (SSSR count). The summed E-state index contributed by atoms with van der Waals surface area (Å²) in [6.07, 6.45) is 1.70. The SMILES string of the molecule is C=CC(Cl)[Si](C)(C)Cl. The topological polar surface area (TPSA) is 0 Å². The third-order valence-electron chi connectivity index (χ3n) is 0.863. The summed E-state index contributed by atoms with van der Waals surface area (Å²) in [7, 11) is -1.64. The van der Waals surface area contributed by atoms with Crippen molar-refractivity contribution in [2.24, 2.45) is 0 Å². The van der Waals surface area contributed by atoms with E-state index in [9.17, 15) is 0 Å². The monoisotopic (exact) mass is 168 g/mol. The number of hydrogen-bond donors (Lipinski definition) is 0. The molecule has 0 N–H and O–H groups in total. The average Bonchev–Trinajstić information content (AvgIpc) is 1.62. The number of halogens is 2. The van der Waals surface area contributed by atoms with E-state index in [0.29, 0.717) is 0 Å². The van der Waals surface area contributed by atoms with Gasteiger partial charge in [0.1, 0.15) is 0 Å². The van der Waals surface area contributed by atoms with E-state index in [2.05, 4.69) is 6.58 Å². The van der Waals surface area contributed by atoms with E-state index in [4.69, 9.17) is 22.7 Å². The van der Waals surface area contributed by atoms with Crippen LogP contribution in [0.15, 0.2) is 12.7 Å². The molecule has 0 aromatic carbocycles. The fourth-order valence-corrected chi connectivity index (χ4v) is 1.11. The molecule has 0 aliphatic heterocycles. The first-order valence-electron chi connectivity index (χ1n) is 2.44. The van der Waals surface area contributed by atoms with Crippen LogP contribution in [0.2, 0.25) is 13.1 Å². The lowest BCUT2D eigenvalue weighted by Crippen LogP contribution is -2.29. The zero-order valence-electron chi connectivity index (χ0n) is 5.12. The number of alkyl halides is 1. The van der Waals surface area contributed by atoms with Crippen molar-refractivity contribution < 1.29 is 0 Å². The Bertz CT molecular complexity index is 84.9. The Balaban J connectivity index is 3.80. The molecule has 0 bridgehead atoms. The molecule has 0 aromatic rings. The fourth-order valence-electron chi connectivity index (χ4n) is 0.280. The fraction of sp³-hybridized carbons (Fsp3) is 0.600. The molecule has 1 unspecified atom stereocenters. The molecule has 0 saturated carbocycles. The lowest BCUT2D eigenvalue weighted by atomic mass is 10.8. The van der Waals surface area contributed by atoms with Crippen molar-refractivity contribution in [1.82, 2.24) is 0 Å². The van der Waals surface area contributed by atoms with Crippen LogP contribution in [0, 0.1) is 0 Å². The molecule has 0 aliphatic carbocycles. The highest BCUT2D eigenvalue weighted by Crippen LogP contribution is 2.18. The Labute approximate surface area is 61.2 Å². The van der Waals surface area contributed by atoms with Crippen molar-refractivity contribution in [3.8, 4) is 0 Å². The zero-order valence-corrected chi connectivity index (χ0v) is 7.63. The molecule has 0 aromatic heterocycles. The Kier molecular flexibility index (Phi) is 3.10. The second-order valence-corrected chi connectivity index (χ2v) is 9.71. The van der Waals surface area contributed by atoms with Gasteiger partial charge < -0.3 is 0 Å². The van der Waals surface area contributed by atoms with Gasteiger partial charge in [-0.3, -0.25) is 0 Å². The summed E-state index contributed by atoms with van der Waals surface area (Å²) in [5, 5.41) is -0.0100. The third kappa shape index (κ3) is 2.75. The van der Waals surface area contributed by atoms with Crippen LogP contribution in [0.25, 0.3) is 0 Å². The second-order valence-electron chi connectivity index (χ2n) is 2.20. The Morgan fingerprint density at radius 2 is 2.00 bits per heavy atom. The molecular formula is C5H10Cl2Si. The summed E-state index contributed by atoms with van der Waals surface area (Å²) < 4.78 is 0. The quantitative estimate of drug-likeness (QED) is 0.258. The highest BCUT2D eigenvalue weighted by Gasteiger charge is 2.24. The smallest absolute Gasteiger partial charge is 0.166 e. The maximum Gasteiger partial charge on any atom is 0.172 e. The number of hydrogen-bond acceptors (Lipinski definition) is 0. The molecule has 0 fully saturated rings. The van der Waals surface area contributed by atoms with Gasteiger partial charge in [0.05, 0.1) is 5.00 Å². The van der Waals surface area contributed by atoms with Crippen molar-refractivity contribution >= 4 is 30.1 Å². The summed E-state index contributed by atoms with van der Waals surface area (Å²) in [6.45, 7) is 7.53. The van der Waals surface area contributed by atoms with E-state index >= 15 is 0 Å². The Morgan fingerprint density at radius 3 is 2.00 bits per heavy atom. The molecule has 0 spiro atoms. The first kappa shape index (κ1) is 8.54. The lowest BCUT2D eigenvalue weighted by Gasteiger charge is -2.15. The molecule has 8 heavy (non-hydrogen) atoms. The summed E-state index contributed by atoms with van der Waals surface area (Å²) in [6, 6.07) is 0. The van der Waals surface area contributed by atoms with Gasteiger partial charge in [-0.15, -0.1) is 18.2 Å². The minimum atomic E-state index is -1.64. The van der Waals surface area contributed by atoms with Gasteiger partial charge in [-0.1, -0.05) is 19.2 Å². The van der Waals surface area contributed by atoms with Crippen LogP contribution in [0.3, 0.4) is 0 Å². The molecule has 3 heteroatoms. The molecular weight excluding hydrogens is 159 g/mol. The van der Waals surface area contributed by atoms with Crippen LogP contribution in [0.4, 0.5) is 0 Å². The third-order valence-corrected chi connectivity index (χ3v) is 5.27. The maximum absolute atomic E-state index is 5.92. The minimum Gasteiger partial charge on any atom is -0.166 e. The summed E-state index contributed by atoms with van der Waals surface area (Å²) in [5.41, 5.74) is 0. The van der Waals surface area contributed by atoms with Gasteiger partial charge in [0, 0.05) is 0 Å². The number of allylic oxidation sites excluding steroid dienone is 1. The highest BCUT2D eigenvalue weighted by atomic mass is 35.6. The van der Waals surface area contributed by atoms with Gasteiger partial charge in [-0.2, -0.15) is 11.1 Å². The van der Waals surface area contributed by atoms with Crippen molar-refractivity contribution in [3.05, 3.63) is 12.7 Å². The van der Waals surface area contributed by atoms with E-state index in [1.807, 2.05) is 13.1 Å². The van der Waals surface area contributed by atoms with E-state index in [1.54, 1.807) is 6.08 Å². The second kappa shape index (κ2) is 2.90. The van der Waals surface area contributed by atoms with Gasteiger partial charge in [-0.25, -0.2) is 0 Å². The van der Waals surface area contributed by atoms with Gasteiger partial charge in [0.25, 0.3) is 0 Å². The molecule has 0 saturated heterocycles. The van der Waals surface area contributed by atoms with Gasteiger partial charge in [0.2, 0.25) is 0 Å². The van der Waals surface area contributed by atoms with Crippen molar-refractivity contribution in [2.45, 2.75) is 18.1 Å². The molecule has 1 atom stereocenters. The van der Waals surface area contributed by atoms with E-state index in [0.717, 1.165) is 0 Å². The van der Waals surface area contributed by atoms with Gasteiger partial charge in [-0.05, 0) is 0 Å². The lowest BCUT2D eigenvalue weighted by molar-refractivity contribution is 1.51. The normalized spacial score (nSPS) is 15.5. The predicted octanol–water partition coefficient (Wildman–Crippen LogP) is 2.76. The summed E-state index contributed by atoms with van der Waals surface area (Å²) in [4.78, 5) is 0.